The molecule has 2 N–H and O–H groups in total. The summed E-state index contributed by atoms with van der Waals surface area (Å²) < 4.78 is 5.89. The summed E-state index contributed by atoms with van der Waals surface area (Å²) in [6, 6.07) is 13.8. The Balaban J connectivity index is 1.48. The van der Waals surface area contributed by atoms with Gasteiger partial charge in [0.25, 0.3) is 5.91 Å². The fourth-order valence-corrected chi connectivity index (χ4v) is 4.10. The van der Waals surface area contributed by atoms with Gasteiger partial charge in [-0.2, -0.15) is 0 Å². The predicted octanol–water partition coefficient (Wildman–Crippen LogP) is 1.95. The van der Waals surface area contributed by atoms with Gasteiger partial charge in [-0.1, -0.05) is 30.3 Å². The first-order chi connectivity index (χ1) is 12.3. The second kappa shape index (κ2) is 6.94. The van der Waals surface area contributed by atoms with E-state index in [0.717, 1.165) is 19.4 Å². The Morgan fingerprint density at radius 1 is 1.24 bits per heavy atom. The number of aliphatic hydroxyl groups is 1. The molecule has 1 saturated carbocycles. The van der Waals surface area contributed by atoms with Crippen LogP contribution in [-0.4, -0.2) is 34.8 Å². The Bertz CT molecular complexity index is 750. The van der Waals surface area contributed by atoms with Crippen LogP contribution in [0.15, 0.2) is 48.7 Å². The third-order valence-electron chi connectivity index (χ3n) is 5.38. The molecule has 2 fully saturated rings. The Hall–Kier alpha value is -2.24. The first-order valence-electron chi connectivity index (χ1n) is 8.78. The van der Waals surface area contributed by atoms with Crippen molar-refractivity contribution in [1.29, 1.82) is 0 Å². The highest BCUT2D eigenvalue weighted by atomic mass is 16.5. The maximum atomic E-state index is 12.6. The van der Waals surface area contributed by atoms with E-state index >= 15 is 0 Å². The predicted molar refractivity (Wildman–Crippen MR) is 92.9 cm³/mol. The molecule has 2 aromatic rings. The van der Waals surface area contributed by atoms with Crippen molar-refractivity contribution in [2.45, 2.75) is 31.6 Å². The van der Waals surface area contributed by atoms with Crippen molar-refractivity contribution < 1.29 is 14.6 Å². The number of ether oxygens (including phenoxy) is 1. The third-order valence-corrected chi connectivity index (χ3v) is 5.38. The highest BCUT2D eigenvalue weighted by Crippen LogP contribution is 2.45. The number of hydrogen-bond donors (Lipinski definition) is 2. The van der Waals surface area contributed by atoms with Gasteiger partial charge in [-0.15, -0.1) is 0 Å². The first-order valence-corrected chi connectivity index (χ1v) is 8.78. The Labute approximate surface area is 147 Å². The topological polar surface area (TPSA) is 71.5 Å². The summed E-state index contributed by atoms with van der Waals surface area (Å²) >= 11 is 0. The summed E-state index contributed by atoms with van der Waals surface area (Å²) in [5.74, 6) is 0.502. The normalized spacial score (nSPS) is 27.4. The van der Waals surface area contributed by atoms with Gasteiger partial charge in [-0.3, -0.25) is 9.78 Å². The summed E-state index contributed by atoms with van der Waals surface area (Å²) in [6.45, 7) is 0.673. The minimum atomic E-state index is -0.177. The van der Waals surface area contributed by atoms with Crippen LogP contribution in [-0.2, 0) is 17.8 Å². The van der Waals surface area contributed by atoms with Crippen LogP contribution in [0.2, 0.25) is 0 Å². The molecule has 1 aliphatic carbocycles. The molecule has 1 aromatic carbocycles. The van der Waals surface area contributed by atoms with E-state index in [1.165, 1.54) is 5.56 Å². The van der Waals surface area contributed by atoms with Crippen LogP contribution in [0, 0.1) is 11.8 Å². The number of nitrogens with zero attached hydrogens (tertiary/aromatic N) is 1. The summed E-state index contributed by atoms with van der Waals surface area (Å²) in [7, 11) is 0. The van der Waals surface area contributed by atoms with E-state index in [0.29, 0.717) is 23.1 Å². The molecule has 2 heterocycles. The molecule has 5 nitrogen and oxygen atoms in total. The van der Waals surface area contributed by atoms with Crippen molar-refractivity contribution >= 4 is 5.91 Å². The van der Waals surface area contributed by atoms with Crippen molar-refractivity contribution in [3.8, 4) is 0 Å². The van der Waals surface area contributed by atoms with Gasteiger partial charge in [0.1, 0.15) is 5.69 Å². The van der Waals surface area contributed by atoms with Gasteiger partial charge >= 0.3 is 0 Å². The van der Waals surface area contributed by atoms with Crippen molar-refractivity contribution in [3.05, 3.63) is 65.5 Å². The van der Waals surface area contributed by atoms with Crippen molar-refractivity contribution in [1.82, 2.24) is 10.3 Å². The molecule has 25 heavy (non-hydrogen) atoms. The monoisotopic (exact) mass is 338 g/mol. The van der Waals surface area contributed by atoms with E-state index in [9.17, 15) is 9.90 Å². The minimum absolute atomic E-state index is 0.0958. The molecule has 1 aromatic heterocycles. The molecule has 0 spiro atoms. The molecule has 0 radical (unpaired) electrons. The molecule has 130 valence electrons. The van der Waals surface area contributed by atoms with Crippen molar-refractivity contribution in [2.75, 3.05) is 6.61 Å². The van der Waals surface area contributed by atoms with E-state index in [-0.39, 0.29) is 24.7 Å². The number of hydrogen-bond acceptors (Lipinski definition) is 4. The zero-order valence-electron chi connectivity index (χ0n) is 14.0. The zero-order valence-corrected chi connectivity index (χ0v) is 14.0. The molecule has 4 atom stereocenters. The van der Waals surface area contributed by atoms with Gasteiger partial charge in [-0.25, -0.2) is 0 Å². The van der Waals surface area contributed by atoms with Crippen LogP contribution >= 0.6 is 0 Å². The standard InChI is InChI=1S/C20H22N2O3/c23-12-14-6-8-21-17(11-14)20(24)22-18-15-7-9-25-19(15)16(18)10-13-4-2-1-3-5-13/h1-6,8,11,15-16,18-19,23H,7,9-10,12H2,(H,22,24)/t15-,16+,18-,19-/m0/s1. The number of aliphatic hydroxyl groups excluding tert-OH is 1. The summed E-state index contributed by atoms with van der Waals surface area (Å²) in [5, 5.41) is 12.4. The number of pyridine rings is 1. The summed E-state index contributed by atoms with van der Waals surface area (Å²) in [4.78, 5) is 16.7. The minimum Gasteiger partial charge on any atom is -0.392 e. The fourth-order valence-electron chi connectivity index (χ4n) is 4.10. The van der Waals surface area contributed by atoms with E-state index in [1.807, 2.05) is 18.2 Å². The Morgan fingerprint density at radius 2 is 2.08 bits per heavy atom. The van der Waals surface area contributed by atoms with E-state index in [1.54, 1.807) is 18.3 Å². The largest absolute Gasteiger partial charge is 0.392 e. The first kappa shape index (κ1) is 16.2. The summed E-state index contributed by atoms with van der Waals surface area (Å²) in [5.41, 5.74) is 2.31. The van der Waals surface area contributed by atoms with Crippen LogP contribution in [0.4, 0.5) is 0 Å². The lowest BCUT2D eigenvalue weighted by molar-refractivity contribution is -0.0528. The number of aromatic nitrogens is 1. The van der Waals surface area contributed by atoms with Gasteiger partial charge < -0.3 is 15.2 Å². The van der Waals surface area contributed by atoms with Crippen LogP contribution in [0.25, 0.3) is 0 Å². The molecule has 0 bridgehead atoms. The average Bonchev–Trinajstić information content (AvgIpc) is 3.09. The zero-order chi connectivity index (χ0) is 17.2. The van der Waals surface area contributed by atoms with Crippen LogP contribution < -0.4 is 5.32 Å². The second-order valence-corrected chi connectivity index (χ2v) is 6.85. The molecule has 5 heteroatoms. The maximum absolute atomic E-state index is 12.6. The number of fused-ring (bicyclic) bond motifs is 1. The fraction of sp³-hybridized carbons (Fsp3) is 0.400. The highest BCUT2D eigenvalue weighted by molar-refractivity contribution is 5.92. The van der Waals surface area contributed by atoms with Gasteiger partial charge in [0.2, 0.25) is 0 Å². The maximum Gasteiger partial charge on any atom is 0.270 e. The van der Waals surface area contributed by atoms with Crippen LogP contribution in [0.3, 0.4) is 0 Å². The molecule has 0 unspecified atom stereocenters. The smallest absolute Gasteiger partial charge is 0.270 e. The van der Waals surface area contributed by atoms with Crippen molar-refractivity contribution in [3.63, 3.8) is 0 Å². The number of carbonyl (C=O) groups is 1. The molecular formula is C20H22N2O3. The van der Waals surface area contributed by atoms with Gasteiger partial charge in [-0.05, 0) is 36.1 Å². The second-order valence-electron chi connectivity index (χ2n) is 6.85. The molecular weight excluding hydrogens is 316 g/mol. The Morgan fingerprint density at radius 3 is 2.88 bits per heavy atom. The highest BCUT2D eigenvalue weighted by Gasteiger charge is 2.54. The lowest BCUT2D eigenvalue weighted by Gasteiger charge is -2.48. The SMILES string of the molecule is O=C(N[C@@H]1[C@@H](Cc2ccccc2)[C@H]2OCC[C@@H]12)c1cc(CO)ccn1. The quantitative estimate of drug-likeness (QED) is 0.874. The molecule has 1 saturated heterocycles. The number of rotatable bonds is 5. The number of nitrogens with one attached hydrogen (secondary N) is 1. The van der Waals surface area contributed by atoms with Crippen LogP contribution in [0.5, 0.6) is 0 Å². The van der Waals surface area contributed by atoms with Crippen molar-refractivity contribution in [2.24, 2.45) is 11.8 Å². The summed E-state index contributed by atoms with van der Waals surface area (Å²) in [6.07, 6.45) is 3.69. The number of amides is 1. The molecule has 2 aliphatic rings. The third kappa shape index (κ3) is 3.17. The Kier molecular flexibility index (Phi) is 4.51. The van der Waals surface area contributed by atoms with E-state index in [4.69, 9.17) is 4.74 Å². The molecule has 4 rings (SSSR count). The molecule has 1 amide bonds. The number of benzene rings is 1. The molecule has 1 aliphatic heterocycles. The van der Waals surface area contributed by atoms with Gasteiger partial charge in [0.05, 0.1) is 12.7 Å². The number of carbonyl (C=O) groups excluding carboxylic acids is 1. The van der Waals surface area contributed by atoms with Crippen LogP contribution in [0.1, 0.15) is 28.0 Å². The lowest BCUT2D eigenvalue weighted by Crippen LogP contribution is -2.62. The van der Waals surface area contributed by atoms with E-state index < -0.39 is 0 Å². The lowest BCUT2D eigenvalue weighted by atomic mass is 9.64. The van der Waals surface area contributed by atoms with Gasteiger partial charge in [0, 0.05) is 30.7 Å². The van der Waals surface area contributed by atoms with E-state index in [2.05, 4.69) is 22.4 Å². The average molecular weight is 338 g/mol. The van der Waals surface area contributed by atoms with Gasteiger partial charge in [0.15, 0.2) is 0 Å².